The van der Waals surface area contributed by atoms with Gasteiger partial charge in [-0.05, 0) is 24.5 Å². The van der Waals surface area contributed by atoms with Gasteiger partial charge >= 0.3 is 5.97 Å². The zero-order chi connectivity index (χ0) is 12.6. The van der Waals surface area contributed by atoms with Gasteiger partial charge < -0.3 is 10.8 Å². The van der Waals surface area contributed by atoms with Crippen LogP contribution >= 0.6 is 0 Å². The summed E-state index contributed by atoms with van der Waals surface area (Å²) in [6.07, 6.45) is 1.28. The van der Waals surface area contributed by atoms with Crippen LogP contribution in [-0.4, -0.2) is 24.7 Å². The molecule has 0 aliphatic heterocycles. The van der Waals surface area contributed by atoms with Gasteiger partial charge in [0.25, 0.3) is 0 Å². The Labute approximate surface area is 99.2 Å². The lowest BCUT2D eigenvalue weighted by Crippen LogP contribution is -2.23. The third kappa shape index (κ3) is 2.18. The van der Waals surface area contributed by atoms with Crippen molar-refractivity contribution in [2.75, 3.05) is 0 Å². The zero-order valence-electron chi connectivity index (χ0n) is 9.04. The summed E-state index contributed by atoms with van der Waals surface area (Å²) in [7, 11) is -3.42. The highest BCUT2D eigenvalue weighted by atomic mass is 32.2. The Morgan fingerprint density at radius 2 is 1.94 bits per heavy atom. The summed E-state index contributed by atoms with van der Waals surface area (Å²) >= 11 is 0. The Morgan fingerprint density at radius 3 is 2.47 bits per heavy atom. The van der Waals surface area contributed by atoms with E-state index in [1.165, 1.54) is 12.1 Å². The van der Waals surface area contributed by atoms with Crippen LogP contribution in [0.1, 0.15) is 24.4 Å². The Hall–Kier alpha value is -1.40. The summed E-state index contributed by atoms with van der Waals surface area (Å²) in [6.45, 7) is 0. The van der Waals surface area contributed by atoms with E-state index in [2.05, 4.69) is 0 Å². The molecule has 1 aliphatic carbocycles. The number of carboxylic acid groups (broad SMARTS) is 1. The molecular formula is C11H13NO4S. The fraction of sp³-hybridized carbons (Fsp3) is 0.364. The average molecular weight is 255 g/mol. The number of rotatable bonds is 4. The SMILES string of the molecule is NC(C(=O)O)c1ccccc1S(=O)(=O)C1CC1. The molecule has 1 atom stereocenters. The molecule has 92 valence electrons. The van der Waals surface area contributed by atoms with Gasteiger partial charge in [0, 0.05) is 0 Å². The van der Waals surface area contributed by atoms with Crippen LogP contribution in [0.4, 0.5) is 0 Å². The highest BCUT2D eigenvalue weighted by Gasteiger charge is 2.39. The summed E-state index contributed by atoms with van der Waals surface area (Å²) in [5.74, 6) is -1.23. The number of hydrogen-bond acceptors (Lipinski definition) is 4. The van der Waals surface area contributed by atoms with E-state index in [0.717, 1.165) is 0 Å². The maximum Gasteiger partial charge on any atom is 0.325 e. The largest absolute Gasteiger partial charge is 0.480 e. The van der Waals surface area contributed by atoms with Gasteiger partial charge in [0.15, 0.2) is 9.84 Å². The van der Waals surface area contributed by atoms with E-state index in [-0.39, 0.29) is 15.7 Å². The molecule has 1 aliphatic rings. The van der Waals surface area contributed by atoms with Crippen LogP contribution in [0.15, 0.2) is 29.2 Å². The van der Waals surface area contributed by atoms with E-state index in [1.54, 1.807) is 12.1 Å². The van der Waals surface area contributed by atoms with Crippen molar-refractivity contribution < 1.29 is 18.3 Å². The van der Waals surface area contributed by atoms with Crippen LogP contribution in [0.3, 0.4) is 0 Å². The summed E-state index contributed by atoms with van der Waals surface area (Å²) in [5.41, 5.74) is 5.65. The van der Waals surface area contributed by atoms with Gasteiger partial charge in [-0.3, -0.25) is 4.79 Å². The van der Waals surface area contributed by atoms with E-state index in [9.17, 15) is 13.2 Å². The molecular weight excluding hydrogens is 242 g/mol. The van der Waals surface area contributed by atoms with Gasteiger partial charge in [-0.15, -0.1) is 0 Å². The molecule has 1 aromatic carbocycles. The number of aliphatic carboxylic acids is 1. The van der Waals surface area contributed by atoms with Gasteiger partial charge in [0.05, 0.1) is 10.1 Å². The molecule has 3 N–H and O–H groups in total. The third-order valence-corrected chi connectivity index (χ3v) is 5.12. The van der Waals surface area contributed by atoms with Crippen molar-refractivity contribution in [3.8, 4) is 0 Å². The van der Waals surface area contributed by atoms with Gasteiger partial charge in [-0.2, -0.15) is 0 Å². The second-order valence-electron chi connectivity index (χ2n) is 4.10. The van der Waals surface area contributed by atoms with Gasteiger partial charge in [0.2, 0.25) is 0 Å². The van der Waals surface area contributed by atoms with Crippen molar-refractivity contribution in [2.45, 2.75) is 29.0 Å². The van der Waals surface area contributed by atoms with Crippen molar-refractivity contribution in [1.82, 2.24) is 0 Å². The highest BCUT2D eigenvalue weighted by molar-refractivity contribution is 7.92. The summed E-state index contributed by atoms with van der Waals surface area (Å²) in [6, 6.07) is 4.73. The van der Waals surface area contributed by atoms with Gasteiger partial charge in [-0.1, -0.05) is 18.2 Å². The molecule has 0 radical (unpaired) electrons. The molecule has 0 amide bonds. The predicted octanol–water partition coefficient (Wildman–Crippen LogP) is 0.707. The Kier molecular flexibility index (Phi) is 2.92. The average Bonchev–Trinajstić information content (AvgIpc) is 3.12. The van der Waals surface area contributed by atoms with Crippen LogP contribution in [0.2, 0.25) is 0 Å². The van der Waals surface area contributed by atoms with Crippen LogP contribution < -0.4 is 5.73 Å². The zero-order valence-corrected chi connectivity index (χ0v) is 9.85. The number of benzene rings is 1. The third-order valence-electron chi connectivity index (χ3n) is 2.79. The lowest BCUT2D eigenvalue weighted by Gasteiger charge is -2.12. The Morgan fingerprint density at radius 1 is 1.35 bits per heavy atom. The van der Waals surface area contributed by atoms with Crippen molar-refractivity contribution in [1.29, 1.82) is 0 Å². The Bertz CT molecular complexity index is 548. The molecule has 0 heterocycles. The summed E-state index contributed by atoms with van der Waals surface area (Å²) in [5, 5.41) is 8.49. The fourth-order valence-corrected chi connectivity index (χ4v) is 3.60. The lowest BCUT2D eigenvalue weighted by molar-refractivity contribution is -0.138. The molecule has 1 unspecified atom stereocenters. The molecule has 6 heteroatoms. The number of carboxylic acids is 1. The van der Waals surface area contributed by atoms with Crippen molar-refractivity contribution >= 4 is 15.8 Å². The minimum Gasteiger partial charge on any atom is -0.480 e. The topological polar surface area (TPSA) is 97.5 Å². The van der Waals surface area contributed by atoms with Gasteiger partial charge in [0.1, 0.15) is 6.04 Å². The fourth-order valence-electron chi connectivity index (χ4n) is 1.69. The summed E-state index contributed by atoms with van der Waals surface area (Å²) < 4.78 is 24.2. The van der Waals surface area contributed by atoms with Crippen molar-refractivity contribution in [3.05, 3.63) is 29.8 Å². The van der Waals surface area contributed by atoms with Crippen LogP contribution in [0.5, 0.6) is 0 Å². The maximum atomic E-state index is 12.1. The predicted molar refractivity (Wildman–Crippen MR) is 61.2 cm³/mol. The monoisotopic (exact) mass is 255 g/mol. The van der Waals surface area contributed by atoms with E-state index in [0.29, 0.717) is 12.8 Å². The molecule has 0 aromatic heterocycles. The molecule has 1 fully saturated rings. The molecule has 0 bridgehead atoms. The van der Waals surface area contributed by atoms with Crippen molar-refractivity contribution in [2.24, 2.45) is 5.73 Å². The normalized spacial score (nSPS) is 17.7. The van der Waals surface area contributed by atoms with Crippen LogP contribution in [-0.2, 0) is 14.6 Å². The first-order valence-electron chi connectivity index (χ1n) is 5.26. The molecule has 5 nitrogen and oxygen atoms in total. The molecule has 1 aromatic rings. The molecule has 1 saturated carbocycles. The first kappa shape index (κ1) is 12.1. The minimum absolute atomic E-state index is 0.0531. The number of sulfone groups is 1. The van der Waals surface area contributed by atoms with Crippen molar-refractivity contribution in [3.63, 3.8) is 0 Å². The molecule has 0 saturated heterocycles. The lowest BCUT2D eigenvalue weighted by atomic mass is 10.1. The smallest absolute Gasteiger partial charge is 0.325 e. The highest BCUT2D eigenvalue weighted by Crippen LogP contribution is 2.35. The van der Waals surface area contributed by atoms with Gasteiger partial charge in [-0.25, -0.2) is 8.42 Å². The van der Waals surface area contributed by atoms with E-state index >= 15 is 0 Å². The van der Waals surface area contributed by atoms with Crippen LogP contribution in [0.25, 0.3) is 0 Å². The minimum atomic E-state index is -3.42. The van der Waals surface area contributed by atoms with Crippen LogP contribution in [0, 0.1) is 0 Å². The standard InChI is InChI=1S/C11H13NO4S/c12-10(11(13)14)8-3-1-2-4-9(8)17(15,16)7-5-6-7/h1-4,7,10H,5-6,12H2,(H,13,14). The second kappa shape index (κ2) is 4.12. The first-order valence-corrected chi connectivity index (χ1v) is 6.80. The molecule has 0 spiro atoms. The summed E-state index contributed by atoms with van der Waals surface area (Å²) in [4.78, 5) is 10.9. The quantitative estimate of drug-likeness (QED) is 0.825. The number of hydrogen-bond donors (Lipinski definition) is 2. The van der Waals surface area contributed by atoms with E-state index in [4.69, 9.17) is 10.8 Å². The second-order valence-corrected chi connectivity index (χ2v) is 6.29. The number of nitrogens with two attached hydrogens (primary N) is 1. The molecule has 17 heavy (non-hydrogen) atoms. The maximum absolute atomic E-state index is 12.1. The number of carbonyl (C=O) groups is 1. The Balaban J connectivity index is 2.51. The van der Waals surface area contributed by atoms with E-state index in [1.807, 2.05) is 0 Å². The molecule has 2 rings (SSSR count). The first-order chi connectivity index (χ1) is 7.94. The van der Waals surface area contributed by atoms with E-state index < -0.39 is 21.8 Å².